The fourth-order valence-electron chi connectivity index (χ4n) is 5.07. The van der Waals surface area contributed by atoms with E-state index >= 15 is 0 Å². The third kappa shape index (κ3) is 8.93. The zero-order valence-corrected chi connectivity index (χ0v) is 28.9. The van der Waals surface area contributed by atoms with Crippen LogP contribution in [0.15, 0.2) is 103 Å². The summed E-state index contributed by atoms with van der Waals surface area (Å²) in [4.78, 5) is 0. The first kappa shape index (κ1) is 34.0. The molecule has 0 aliphatic rings. The van der Waals surface area contributed by atoms with Crippen LogP contribution < -0.4 is 23.7 Å². The molecule has 5 aromatic carbocycles. The monoisotopic (exact) mass is 652 g/mol. The van der Waals surface area contributed by atoms with Crippen LogP contribution in [-0.4, -0.2) is 12.6 Å². The standard InChI is InChI=1S/C41H45ClO5/c1-7-29-14-20-34(21-15-29)44-40(27(3)4)46-37-24-32-18-19-33(42)25-36(32)38(43-26-31-12-10-9-11-13-31)39(37)47-41(28(5)6)45-35-22-16-30(8-2)17-23-35/h9-25,27-28,40-41H,7-8,26H2,1-6H3. The summed E-state index contributed by atoms with van der Waals surface area (Å²) < 4.78 is 33.1. The number of rotatable bonds is 15. The van der Waals surface area contributed by atoms with Gasteiger partial charge in [-0.15, -0.1) is 0 Å². The van der Waals surface area contributed by atoms with Gasteiger partial charge in [0.25, 0.3) is 0 Å². The molecule has 5 aromatic rings. The lowest BCUT2D eigenvalue weighted by atomic mass is 10.1. The van der Waals surface area contributed by atoms with Crippen molar-refractivity contribution < 1.29 is 23.7 Å². The van der Waals surface area contributed by atoms with Crippen LogP contribution in [-0.2, 0) is 19.4 Å². The van der Waals surface area contributed by atoms with E-state index in [0.29, 0.717) is 28.9 Å². The minimum absolute atomic E-state index is 0.0116. The van der Waals surface area contributed by atoms with Gasteiger partial charge in [-0.25, -0.2) is 0 Å². The molecule has 47 heavy (non-hydrogen) atoms. The third-order valence-corrected chi connectivity index (χ3v) is 8.17. The first-order valence-corrected chi connectivity index (χ1v) is 16.9. The molecule has 0 heterocycles. The molecule has 5 rings (SSSR count). The molecule has 0 saturated heterocycles. The van der Waals surface area contributed by atoms with Gasteiger partial charge < -0.3 is 23.7 Å². The van der Waals surface area contributed by atoms with E-state index in [1.165, 1.54) is 11.1 Å². The van der Waals surface area contributed by atoms with Gasteiger partial charge in [-0.05, 0) is 77.4 Å². The lowest BCUT2D eigenvalue weighted by molar-refractivity contribution is -0.0494. The molecule has 6 heteroatoms. The summed E-state index contributed by atoms with van der Waals surface area (Å²) in [5, 5.41) is 2.29. The predicted octanol–water partition coefficient (Wildman–Crippen LogP) is 11.1. The fourth-order valence-corrected chi connectivity index (χ4v) is 5.25. The Morgan fingerprint density at radius 1 is 0.553 bits per heavy atom. The molecule has 2 atom stereocenters. The Balaban J connectivity index is 1.59. The number of halogens is 1. The van der Waals surface area contributed by atoms with Gasteiger partial charge in [-0.3, -0.25) is 0 Å². The summed E-state index contributed by atoms with van der Waals surface area (Å²) in [5.74, 6) is 2.89. The topological polar surface area (TPSA) is 46.2 Å². The molecule has 0 radical (unpaired) electrons. The van der Waals surface area contributed by atoms with Crippen molar-refractivity contribution in [2.45, 2.75) is 73.6 Å². The Morgan fingerprint density at radius 2 is 1.11 bits per heavy atom. The van der Waals surface area contributed by atoms with Gasteiger partial charge in [0, 0.05) is 22.2 Å². The molecule has 0 amide bonds. The third-order valence-electron chi connectivity index (χ3n) is 7.94. The van der Waals surface area contributed by atoms with E-state index in [2.05, 4.69) is 65.8 Å². The Labute approximate surface area is 284 Å². The zero-order valence-electron chi connectivity index (χ0n) is 28.2. The van der Waals surface area contributed by atoms with Crippen LogP contribution in [0.2, 0.25) is 5.02 Å². The minimum atomic E-state index is -0.652. The summed E-state index contributed by atoms with van der Waals surface area (Å²) in [7, 11) is 0. The number of aryl methyl sites for hydroxylation is 2. The van der Waals surface area contributed by atoms with Gasteiger partial charge in [0.05, 0.1) is 0 Å². The molecule has 0 aliphatic heterocycles. The quantitative estimate of drug-likeness (QED) is 0.105. The van der Waals surface area contributed by atoms with Crippen molar-refractivity contribution in [1.82, 2.24) is 0 Å². The first-order chi connectivity index (χ1) is 22.7. The van der Waals surface area contributed by atoms with E-state index < -0.39 is 12.6 Å². The highest BCUT2D eigenvalue weighted by Crippen LogP contribution is 2.46. The lowest BCUT2D eigenvalue weighted by Crippen LogP contribution is -2.32. The highest BCUT2D eigenvalue weighted by molar-refractivity contribution is 6.31. The van der Waals surface area contributed by atoms with Crippen molar-refractivity contribution in [3.8, 4) is 28.7 Å². The van der Waals surface area contributed by atoms with Gasteiger partial charge in [0.1, 0.15) is 18.1 Å². The average molecular weight is 653 g/mol. The molecular formula is C41H45ClO5. The van der Waals surface area contributed by atoms with Crippen molar-refractivity contribution in [2.24, 2.45) is 11.8 Å². The molecule has 5 nitrogen and oxygen atoms in total. The SMILES string of the molecule is CCc1ccc(OC(Oc2cc3ccc(Cl)cc3c(OCc3ccccc3)c2OC(Oc2ccc(CC)cc2)C(C)C)C(C)C)cc1. The molecule has 2 unspecified atom stereocenters. The van der Waals surface area contributed by atoms with Crippen LogP contribution in [0.3, 0.4) is 0 Å². The zero-order chi connectivity index (χ0) is 33.3. The van der Waals surface area contributed by atoms with Gasteiger partial charge in [0.2, 0.25) is 18.3 Å². The predicted molar refractivity (Wildman–Crippen MR) is 191 cm³/mol. The smallest absolute Gasteiger partial charge is 0.243 e. The molecule has 0 bridgehead atoms. The molecule has 0 aromatic heterocycles. The van der Waals surface area contributed by atoms with Gasteiger partial charge in [-0.2, -0.15) is 0 Å². The summed E-state index contributed by atoms with van der Waals surface area (Å²) >= 11 is 6.55. The highest BCUT2D eigenvalue weighted by atomic mass is 35.5. The van der Waals surface area contributed by atoms with Crippen LogP contribution in [0.5, 0.6) is 28.7 Å². The van der Waals surface area contributed by atoms with E-state index in [4.69, 9.17) is 35.3 Å². The van der Waals surface area contributed by atoms with Crippen LogP contribution in [0.25, 0.3) is 10.8 Å². The molecule has 0 saturated carbocycles. The minimum Gasteiger partial charge on any atom is -0.484 e. The highest BCUT2D eigenvalue weighted by Gasteiger charge is 2.28. The Kier molecular flexibility index (Phi) is 11.6. The maximum atomic E-state index is 6.83. The van der Waals surface area contributed by atoms with E-state index in [0.717, 1.165) is 40.7 Å². The summed E-state index contributed by atoms with van der Waals surface area (Å²) in [6, 6.07) is 34.0. The van der Waals surface area contributed by atoms with Crippen molar-refractivity contribution in [1.29, 1.82) is 0 Å². The number of hydrogen-bond donors (Lipinski definition) is 0. The second-order valence-electron chi connectivity index (χ2n) is 12.4. The number of benzene rings is 5. The average Bonchev–Trinajstić information content (AvgIpc) is 3.08. The van der Waals surface area contributed by atoms with Crippen LogP contribution in [0.4, 0.5) is 0 Å². The first-order valence-electron chi connectivity index (χ1n) is 16.5. The normalized spacial score (nSPS) is 12.6. The van der Waals surface area contributed by atoms with E-state index in [-0.39, 0.29) is 11.8 Å². The maximum Gasteiger partial charge on any atom is 0.243 e. The summed E-state index contributed by atoms with van der Waals surface area (Å²) in [5.41, 5.74) is 3.50. The molecule has 0 N–H and O–H groups in total. The van der Waals surface area contributed by atoms with Gasteiger partial charge in [0.15, 0.2) is 11.5 Å². The molecule has 246 valence electrons. The number of ether oxygens (including phenoxy) is 5. The van der Waals surface area contributed by atoms with E-state index in [9.17, 15) is 0 Å². The maximum absolute atomic E-state index is 6.83. The summed E-state index contributed by atoms with van der Waals surface area (Å²) in [6.45, 7) is 12.9. The number of hydrogen-bond acceptors (Lipinski definition) is 5. The molecule has 0 aliphatic carbocycles. The Hall–Kier alpha value is -4.35. The van der Waals surface area contributed by atoms with Crippen molar-refractivity contribution in [2.75, 3.05) is 0 Å². The van der Waals surface area contributed by atoms with Crippen LogP contribution >= 0.6 is 11.6 Å². The molecule has 0 spiro atoms. The van der Waals surface area contributed by atoms with Crippen molar-refractivity contribution in [3.05, 3.63) is 125 Å². The summed E-state index contributed by atoms with van der Waals surface area (Å²) in [6.07, 6.45) is 0.645. The second kappa shape index (κ2) is 16.0. The lowest BCUT2D eigenvalue weighted by Gasteiger charge is -2.29. The fraction of sp³-hybridized carbons (Fsp3) is 0.317. The Morgan fingerprint density at radius 3 is 1.64 bits per heavy atom. The van der Waals surface area contributed by atoms with Crippen molar-refractivity contribution in [3.63, 3.8) is 0 Å². The molecular weight excluding hydrogens is 608 g/mol. The van der Waals surface area contributed by atoms with E-state index in [1.54, 1.807) is 0 Å². The number of fused-ring (bicyclic) bond motifs is 1. The van der Waals surface area contributed by atoms with Gasteiger partial charge >= 0.3 is 0 Å². The largest absolute Gasteiger partial charge is 0.484 e. The van der Waals surface area contributed by atoms with Gasteiger partial charge in [-0.1, -0.05) is 114 Å². The van der Waals surface area contributed by atoms with Crippen LogP contribution in [0, 0.1) is 11.8 Å². The molecule has 0 fully saturated rings. The second-order valence-corrected chi connectivity index (χ2v) is 12.8. The van der Waals surface area contributed by atoms with Crippen molar-refractivity contribution >= 4 is 22.4 Å². The Bertz CT molecular complexity index is 1720. The van der Waals surface area contributed by atoms with E-state index in [1.807, 2.05) is 78.9 Å². The van der Waals surface area contributed by atoms with Crippen LogP contribution in [0.1, 0.15) is 58.2 Å².